The van der Waals surface area contributed by atoms with Crippen molar-refractivity contribution in [1.82, 2.24) is 0 Å². The number of nitrogens with one attached hydrogen (secondary N) is 1. The molecule has 2 aromatic carbocycles. The molecule has 1 aliphatic heterocycles. The summed E-state index contributed by atoms with van der Waals surface area (Å²) < 4.78 is 5.34. The molecule has 19 heavy (non-hydrogen) atoms. The van der Waals surface area contributed by atoms with Crippen molar-refractivity contribution < 1.29 is 4.74 Å². The van der Waals surface area contributed by atoms with Crippen LogP contribution in [0.2, 0.25) is 0 Å². The highest BCUT2D eigenvalue weighted by atomic mass is 16.5. The van der Waals surface area contributed by atoms with Gasteiger partial charge < -0.3 is 10.1 Å². The number of anilines is 1. The van der Waals surface area contributed by atoms with Gasteiger partial charge in [0.25, 0.3) is 0 Å². The van der Waals surface area contributed by atoms with Gasteiger partial charge in [-0.2, -0.15) is 0 Å². The van der Waals surface area contributed by atoms with E-state index in [2.05, 4.69) is 54.7 Å². The molecule has 98 valence electrons. The van der Waals surface area contributed by atoms with E-state index in [-0.39, 0.29) is 0 Å². The summed E-state index contributed by atoms with van der Waals surface area (Å²) in [4.78, 5) is 0. The van der Waals surface area contributed by atoms with Crippen molar-refractivity contribution in [2.45, 2.75) is 19.3 Å². The molecule has 0 aliphatic carbocycles. The zero-order chi connectivity index (χ0) is 13.2. The number of rotatable bonds is 2. The molecule has 0 radical (unpaired) electrons. The third kappa shape index (κ3) is 2.19. The van der Waals surface area contributed by atoms with Crippen LogP contribution < -0.4 is 10.1 Å². The highest BCUT2D eigenvalue weighted by molar-refractivity contribution is 5.57. The summed E-state index contributed by atoms with van der Waals surface area (Å²) in [6, 6.07) is 15.1. The number of fused-ring (bicyclic) bond motifs is 1. The van der Waals surface area contributed by atoms with Gasteiger partial charge in [-0.25, -0.2) is 0 Å². The van der Waals surface area contributed by atoms with Crippen LogP contribution in [-0.2, 0) is 0 Å². The Labute approximate surface area is 114 Å². The Bertz CT molecular complexity index is 592. The summed E-state index contributed by atoms with van der Waals surface area (Å²) in [7, 11) is 1.72. The molecule has 2 heteroatoms. The van der Waals surface area contributed by atoms with Gasteiger partial charge in [0.15, 0.2) is 0 Å². The standard InChI is InChI=1S/C17H19NO/c1-12-11-13(7-8-17(12)19-2)14-9-10-18-16-6-4-3-5-15(14)16/h3-8,11,14,18H,9-10H2,1-2H3. The molecule has 0 amide bonds. The zero-order valence-electron chi connectivity index (χ0n) is 11.4. The molecule has 0 saturated carbocycles. The lowest BCUT2D eigenvalue weighted by Gasteiger charge is -2.27. The zero-order valence-corrected chi connectivity index (χ0v) is 11.4. The average Bonchev–Trinajstić information content (AvgIpc) is 2.46. The molecule has 1 unspecified atom stereocenters. The number of ether oxygens (including phenoxy) is 1. The number of aryl methyl sites for hydroxylation is 1. The van der Waals surface area contributed by atoms with Gasteiger partial charge in [-0.3, -0.25) is 0 Å². The largest absolute Gasteiger partial charge is 0.496 e. The van der Waals surface area contributed by atoms with E-state index in [4.69, 9.17) is 4.74 Å². The Morgan fingerprint density at radius 1 is 1.16 bits per heavy atom. The highest BCUT2D eigenvalue weighted by Gasteiger charge is 2.21. The van der Waals surface area contributed by atoms with Gasteiger partial charge in [0.05, 0.1) is 7.11 Å². The summed E-state index contributed by atoms with van der Waals surface area (Å²) in [6.07, 6.45) is 1.14. The second-order valence-corrected chi connectivity index (χ2v) is 5.08. The molecule has 1 N–H and O–H groups in total. The van der Waals surface area contributed by atoms with Gasteiger partial charge >= 0.3 is 0 Å². The van der Waals surface area contributed by atoms with Gasteiger partial charge in [-0.15, -0.1) is 0 Å². The first-order chi connectivity index (χ1) is 9.29. The van der Waals surface area contributed by atoms with Gasteiger partial charge in [0.1, 0.15) is 5.75 Å². The number of para-hydroxylation sites is 1. The van der Waals surface area contributed by atoms with Crippen LogP contribution in [0.5, 0.6) is 5.75 Å². The van der Waals surface area contributed by atoms with Gasteiger partial charge in [-0.1, -0.05) is 30.3 Å². The van der Waals surface area contributed by atoms with Gasteiger partial charge in [0, 0.05) is 18.2 Å². The van der Waals surface area contributed by atoms with Crippen molar-refractivity contribution >= 4 is 5.69 Å². The van der Waals surface area contributed by atoms with E-state index in [1.54, 1.807) is 7.11 Å². The van der Waals surface area contributed by atoms with E-state index in [1.807, 2.05) is 0 Å². The van der Waals surface area contributed by atoms with Crippen LogP contribution in [-0.4, -0.2) is 13.7 Å². The maximum absolute atomic E-state index is 5.34. The fraction of sp³-hybridized carbons (Fsp3) is 0.294. The first kappa shape index (κ1) is 12.1. The third-order valence-corrected chi connectivity index (χ3v) is 3.91. The fourth-order valence-corrected chi connectivity index (χ4v) is 2.93. The normalized spacial score (nSPS) is 17.5. The average molecular weight is 253 g/mol. The lowest BCUT2D eigenvalue weighted by molar-refractivity contribution is 0.411. The quantitative estimate of drug-likeness (QED) is 0.875. The molecule has 0 aromatic heterocycles. The van der Waals surface area contributed by atoms with Crippen molar-refractivity contribution in [3.8, 4) is 5.75 Å². The first-order valence-electron chi connectivity index (χ1n) is 6.77. The summed E-state index contributed by atoms with van der Waals surface area (Å²) in [5, 5.41) is 3.47. The van der Waals surface area contributed by atoms with Gasteiger partial charge in [0.2, 0.25) is 0 Å². The summed E-state index contributed by atoms with van der Waals surface area (Å²) >= 11 is 0. The Morgan fingerprint density at radius 3 is 2.79 bits per heavy atom. The molecule has 1 heterocycles. The lowest BCUT2D eigenvalue weighted by atomic mass is 9.84. The van der Waals surface area contributed by atoms with Crippen LogP contribution in [0.3, 0.4) is 0 Å². The molecule has 2 nitrogen and oxygen atoms in total. The van der Waals surface area contributed by atoms with Crippen molar-refractivity contribution in [1.29, 1.82) is 0 Å². The van der Waals surface area contributed by atoms with E-state index in [9.17, 15) is 0 Å². The summed E-state index contributed by atoms with van der Waals surface area (Å²) in [5.74, 6) is 1.45. The fourth-order valence-electron chi connectivity index (χ4n) is 2.93. The molecular weight excluding hydrogens is 234 g/mol. The minimum absolute atomic E-state index is 0.488. The second kappa shape index (κ2) is 4.96. The Hall–Kier alpha value is -1.96. The Kier molecular flexibility index (Phi) is 3.16. The molecule has 0 saturated heterocycles. The van der Waals surface area contributed by atoms with E-state index in [1.165, 1.54) is 22.4 Å². The first-order valence-corrected chi connectivity index (χ1v) is 6.77. The summed E-state index contributed by atoms with van der Waals surface area (Å²) in [5.41, 5.74) is 5.26. The number of methoxy groups -OCH3 is 1. The molecule has 0 bridgehead atoms. The van der Waals surface area contributed by atoms with Gasteiger partial charge in [-0.05, 0) is 42.2 Å². The lowest BCUT2D eigenvalue weighted by Crippen LogP contribution is -2.17. The monoisotopic (exact) mass is 253 g/mol. The minimum Gasteiger partial charge on any atom is -0.496 e. The van der Waals surface area contributed by atoms with Crippen LogP contribution in [0.15, 0.2) is 42.5 Å². The van der Waals surface area contributed by atoms with Crippen LogP contribution in [0.25, 0.3) is 0 Å². The Balaban J connectivity index is 2.02. The molecule has 0 fully saturated rings. The molecule has 2 aromatic rings. The molecule has 0 spiro atoms. The predicted octanol–water partition coefficient (Wildman–Crippen LogP) is 3.95. The van der Waals surface area contributed by atoms with E-state index < -0.39 is 0 Å². The maximum atomic E-state index is 5.34. The van der Waals surface area contributed by atoms with Crippen LogP contribution >= 0.6 is 0 Å². The SMILES string of the molecule is COc1ccc(C2CCNc3ccccc32)cc1C. The van der Waals surface area contributed by atoms with Crippen LogP contribution in [0.1, 0.15) is 29.0 Å². The number of hydrogen-bond acceptors (Lipinski definition) is 2. The maximum Gasteiger partial charge on any atom is 0.121 e. The van der Waals surface area contributed by atoms with Crippen LogP contribution in [0.4, 0.5) is 5.69 Å². The molecule has 3 rings (SSSR count). The third-order valence-electron chi connectivity index (χ3n) is 3.91. The van der Waals surface area contributed by atoms with Crippen molar-refractivity contribution in [2.75, 3.05) is 19.0 Å². The van der Waals surface area contributed by atoms with E-state index in [0.717, 1.165) is 18.7 Å². The van der Waals surface area contributed by atoms with Crippen LogP contribution in [0, 0.1) is 6.92 Å². The molecule has 1 aliphatic rings. The smallest absolute Gasteiger partial charge is 0.121 e. The molecule has 1 atom stereocenters. The second-order valence-electron chi connectivity index (χ2n) is 5.08. The summed E-state index contributed by atoms with van der Waals surface area (Å²) in [6.45, 7) is 3.14. The van der Waals surface area contributed by atoms with E-state index in [0.29, 0.717) is 5.92 Å². The van der Waals surface area contributed by atoms with Crippen molar-refractivity contribution in [3.63, 3.8) is 0 Å². The predicted molar refractivity (Wildman–Crippen MR) is 79.1 cm³/mol. The van der Waals surface area contributed by atoms with Crippen molar-refractivity contribution in [2.24, 2.45) is 0 Å². The minimum atomic E-state index is 0.488. The number of hydrogen-bond donors (Lipinski definition) is 1. The highest BCUT2D eigenvalue weighted by Crippen LogP contribution is 2.37. The Morgan fingerprint density at radius 2 is 2.00 bits per heavy atom. The van der Waals surface area contributed by atoms with Crippen molar-refractivity contribution in [3.05, 3.63) is 59.2 Å². The van der Waals surface area contributed by atoms with E-state index >= 15 is 0 Å². The number of benzene rings is 2. The topological polar surface area (TPSA) is 21.3 Å². The molecular formula is C17H19NO.